The van der Waals surface area contributed by atoms with E-state index in [-0.39, 0.29) is 36.3 Å². The molecule has 0 saturated carbocycles. The van der Waals surface area contributed by atoms with Crippen molar-refractivity contribution < 1.29 is 18.7 Å². The lowest BCUT2D eigenvalue weighted by Gasteiger charge is -2.38. The number of anilines is 1. The van der Waals surface area contributed by atoms with Gasteiger partial charge in [0.25, 0.3) is 0 Å². The number of hydrogen-bond acceptors (Lipinski definition) is 4. The monoisotopic (exact) mass is 453 g/mol. The van der Waals surface area contributed by atoms with Crippen molar-refractivity contribution in [2.75, 3.05) is 19.0 Å². The second-order valence-corrected chi connectivity index (χ2v) is 9.40. The van der Waals surface area contributed by atoms with Crippen molar-refractivity contribution in [3.8, 4) is 5.75 Å². The van der Waals surface area contributed by atoms with Crippen molar-refractivity contribution in [3.05, 3.63) is 59.4 Å². The fraction of sp³-hybridized carbons (Fsp3) is 0.462. The van der Waals surface area contributed by atoms with Gasteiger partial charge in [0.2, 0.25) is 11.8 Å². The summed E-state index contributed by atoms with van der Waals surface area (Å²) in [5.74, 6) is 0.231. The molecule has 2 saturated heterocycles. The Kier molecular flexibility index (Phi) is 6.70. The van der Waals surface area contributed by atoms with Crippen LogP contribution in [0.3, 0.4) is 0 Å². The second-order valence-electron chi connectivity index (χ2n) is 9.40. The van der Waals surface area contributed by atoms with Gasteiger partial charge in [0.1, 0.15) is 11.6 Å². The summed E-state index contributed by atoms with van der Waals surface area (Å²) in [6, 6.07) is 12.2. The molecule has 7 heteroatoms. The van der Waals surface area contributed by atoms with E-state index in [9.17, 15) is 14.0 Å². The molecule has 0 radical (unpaired) electrons. The fourth-order valence-electron chi connectivity index (χ4n) is 5.32. The Bertz CT molecular complexity index is 1040. The molecule has 4 rings (SSSR count). The number of likely N-dealkylation sites (tertiary alicyclic amines) is 1. The van der Waals surface area contributed by atoms with Crippen molar-refractivity contribution in [3.63, 3.8) is 0 Å². The Labute approximate surface area is 194 Å². The molecule has 0 aliphatic carbocycles. The first kappa shape index (κ1) is 23.2. The summed E-state index contributed by atoms with van der Waals surface area (Å²) in [5.41, 5.74) is 1.89. The Morgan fingerprint density at radius 3 is 2.88 bits per heavy atom. The van der Waals surface area contributed by atoms with E-state index >= 15 is 0 Å². The highest BCUT2D eigenvalue weighted by Crippen LogP contribution is 2.45. The van der Waals surface area contributed by atoms with Crippen LogP contribution in [-0.4, -0.2) is 41.9 Å². The highest BCUT2D eigenvalue weighted by atomic mass is 19.1. The molecule has 3 atom stereocenters. The Morgan fingerprint density at radius 2 is 2.09 bits per heavy atom. The lowest BCUT2D eigenvalue weighted by Crippen LogP contribution is -2.56. The van der Waals surface area contributed by atoms with Gasteiger partial charge in [-0.15, -0.1) is 0 Å². The summed E-state index contributed by atoms with van der Waals surface area (Å²) < 4.78 is 19.2. The number of aryl methyl sites for hydroxylation is 1. The molecule has 2 aliphatic rings. The number of amides is 2. The number of nitrogens with zero attached hydrogens (tertiary/aromatic N) is 1. The van der Waals surface area contributed by atoms with Crippen LogP contribution >= 0.6 is 0 Å². The van der Waals surface area contributed by atoms with Gasteiger partial charge in [-0.2, -0.15) is 0 Å². The molecule has 6 nitrogen and oxygen atoms in total. The molecule has 0 bridgehead atoms. The highest BCUT2D eigenvalue weighted by molar-refractivity contribution is 5.93. The normalized spacial score (nSPS) is 25.5. The first-order valence-corrected chi connectivity index (χ1v) is 11.6. The van der Waals surface area contributed by atoms with Gasteiger partial charge in [-0.05, 0) is 68.5 Å². The molecule has 2 N–H and O–H groups in total. The molecule has 0 aromatic heterocycles. The SMILES string of the molecule is COc1cccc([C@@H]2C[C@]3(C)NC(=O)CCCC[C@@H]3N2CC(=O)Nc2cc(F)ccc2C)c1. The zero-order valence-corrected chi connectivity index (χ0v) is 19.5. The van der Waals surface area contributed by atoms with Crippen LogP contribution < -0.4 is 15.4 Å². The average molecular weight is 454 g/mol. The van der Waals surface area contributed by atoms with Crippen molar-refractivity contribution in [1.82, 2.24) is 10.2 Å². The molecule has 0 spiro atoms. The summed E-state index contributed by atoms with van der Waals surface area (Å²) in [6.45, 7) is 4.07. The van der Waals surface area contributed by atoms with Crippen LogP contribution in [0.4, 0.5) is 10.1 Å². The van der Waals surface area contributed by atoms with Gasteiger partial charge >= 0.3 is 0 Å². The molecule has 2 aromatic carbocycles. The third kappa shape index (κ3) is 5.03. The zero-order chi connectivity index (χ0) is 23.6. The van der Waals surface area contributed by atoms with Crippen molar-refractivity contribution in [2.45, 2.75) is 63.6 Å². The van der Waals surface area contributed by atoms with Gasteiger partial charge in [-0.1, -0.05) is 24.6 Å². The predicted molar refractivity (Wildman–Crippen MR) is 126 cm³/mol. The van der Waals surface area contributed by atoms with E-state index in [0.29, 0.717) is 18.5 Å². The number of ether oxygens (including phenoxy) is 1. The van der Waals surface area contributed by atoms with Crippen molar-refractivity contribution in [1.29, 1.82) is 0 Å². The molecule has 2 fully saturated rings. The van der Waals surface area contributed by atoms with Crippen LogP contribution in [0.1, 0.15) is 56.2 Å². The number of benzene rings is 2. The number of carbonyl (C=O) groups excluding carboxylic acids is 2. The van der Waals surface area contributed by atoms with E-state index < -0.39 is 5.54 Å². The fourth-order valence-corrected chi connectivity index (χ4v) is 5.32. The smallest absolute Gasteiger partial charge is 0.238 e. The Morgan fingerprint density at radius 1 is 1.27 bits per heavy atom. The first-order valence-electron chi connectivity index (χ1n) is 11.6. The number of methoxy groups -OCH3 is 1. The molecular weight excluding hydrogens is 421 g/mol. The van der Waals surface area contributed by atoms with Gasteiger partial charge in [0.05, 0.1) is 19.2 Å². The maximum Gasteiger partial charge on any atom is 0.238 e. The van der Waals surface area contributed by atoms with Crippen molar-refractivity contribution >= 4 is 17.5 Å². The van der Waals surface area contributed by atoms with Crippen LogP contribution in [0.5, 0.6) is 5.75 Å². The molecule has 2 aliphatic heterocycles. The predicted octanol–water partition coefficient (Wildman–Crippen LogP) is 4.35. The lowest BCUT2D eigenvalue weighted by atomic mass is 9.85. The third-order valence-electron chi connectivity index (χ3n) is 6.99. The lowest BCUT2D eigenvalue weighted by molar-refractivity contribution is -0.123. The van der Waals surface area contributed by atoms with E-state index in [1.807, 2.05) is 31.2 Å². The highest BCUT2D eigenvalue weighted by Gasteiger charge is 2.51. The number of halogens is 1. The topological polar surface area (TPSA) is 70.7 Å². The summed E-state index contributed by atoms with van der Waals surface area (Å²) >= 11 is 0. The van der Waals surface area contributed by atoms with E-state index in [1.165, 1.54) is 12.1 Å². The molecule has 2 aromatic rings. The van der Waals surface area contributed by atoms with E-state index in [0.717, 1.165) is 36.1 Å². The van der Waals surface area contributed by atoms with Gasteiger partial charge in [-0.3, -0.25) is 14.5 Å². The summed E-state index contributed by atoms with van der Waals surface area (Å²) in [4.78, 5) is 27.8. The maximum absolute atomic E-state index is 13.7. The number of fused-ring (bicyclic) bond motifs is 1. The van der Waals surface area contributed by atoms with Gasteiger partial charge < -0.3 is 15.4 Å². The van der Waals surface area contributed by atoms with Crippen LogP contribution in [0.25, 0.3) is 0 Å². The Hall–Kier alpha value is -2.93. The number of rotatable bonds is 5. The first-order chi connectivity index (χ1) is 15.8. The summed E-state index contributed by atoms with van der Waals surface area (Å²) in [5, 5.41) is 6.15. The molecular formula is C26H32FN3O3. The quantitative estimate of drug-likeness (QED) is 0.706. The molecule has 0 unspecified atom stereocenters. The molecule has 176 valence electrons. The van der Waals surface area contributed by atoms with E-state index in [4.69, 9.17) is 4.74 Å². The number of hydrogen-bond donors (Lipinski definition) is 2. The van der Waals surface area contributed by atoms with E-state index in [1.54, 1.807) is 13.2 Å². The Balaban J connectivity index is 1.64. The average Bonchev–Trinajstić information content (AvgIpc) is 3.03. The number of carbonyl (C=O) groups is 2. The van der Waals surface area contributed by atoms with Crippen LogP contribution in [0.15, 0.2) is 42.5 Å². The van der Waals surface area contributed by atoms with Crippen LogP contribution in [0, 0.1) is 12.7 Å². The van der Waals surface area contributed by atoms with Gasteiger partial charge in [0.15, 0.2) is 0 Å². The molecule has 2 heterocycles. The minimum Gasteiger partial charge on any atom is -0.497 e. The maximum atomic E-state index is 13.7. The molecule has 2 amide bonds. The second kappa shape index (κ2) is 9.51. The van der Waals surface area contributed by atoms with Crippen LogP contribution in [0.2, 0.25) is 0 Å². The van der Waals surface area contributed by atoms with Crippen LogP contribution in [-0.2, 0) is 9.59 Å². The largest absolute Gasteiger partial charge is 0.497 e. The summed E-state index contributed by atoms with van der Waals surface area (Å²) in [6.07, 6.45) is 3.89. The standard InChI is InChI=1S/C26H32FN3O3/c1-17-11-12-19(27)14-21(17)28-25(32)16-30-22(18-7-6-8-20(13-18)33-3)15-26(2)23(30)9-4-5-10-24(31)29-26/h6-8,11-14,22-23H,4-5,9-10,15-16H2,1-3H3,(H,28,32)(H,29,31)/t22-,23-,26-/m0/s1. The minimum absolute atomic E-state index is 0.0114. The zero-order valence-electron chi connectivity index (χ0n) is 19.5. The third-order valence-corrected chi connectivity index (χ3v) is 6.99. The van der Waals surface area contributed by atoms with Gasteiger partial charge in [-0.25, -0.2) is 4.39 Å². The number of nitrogens with one attached hydrogen (secondary N) is 2. The van der Waals surface area contributed by atoms with E-state index in [2.05, 4.69) is 22.5 Å². The molecule has 33 heavy (non-hydrogen) atoms. The van der Waals surface area contributed by atoms with Crippen molar-refractivity contribution in [2.24, 2.45) is 0 Å². The summed E-state index contributed by atoms with van der Waals surface area (Å²) in [7, 11) is 1.63. The minimum atomic E-state index is -0.444. The van der Waals surface area contributed by atoms with Gasteiger partial charge in [0, 0.05) is 24.2 Å².